The van der Waals surface area contributed by atoms with Gasteiger partial charge in [-0.25, -0.2) is 0 Å². The molecule has 4 heteroatoms. The van der Waals surface area contributed by atoms with Gasteiger partial charge in [0.05, 0.1) is 18.8 Å². The summed E-state index contributed by atoms with van der Waals surface area (Å²) in [4.78, 5) is 13.8. The molecule has 0 saturated heterocycles. The Morgan fingerprint density at radius 3 is 2.37 bits per heavy atom. The maximum absolute atomic E-state index is 12.2. The first kappa shape index (κ1) is 15.5. The van der Waals surface area contributed by atoms with Gasteiger partial charge in [0, 0.05) is 12.6 Å². The van der Waals surface area contributed by atoms with E-state index in [1.165, 1.54) is 0 Å². The third-order valence-corrected chi connectivity index (χ3v) is 3.17. The van der Waals surface area contributed by atoms with Crippen LogP contribution in [0, 0.1) is 0 Å². The minimum atomic E-state index is -0.575. The summed E-state index contributed by atoms with van der Waals surface area (Å²) in [5.41, 5.74) is 0.0157. The molecule has 0 aliphatic rings. The number of hydrogen-bond donors (Lipinski definition) is 1. The van der Waals surface area contributed by atoms with Crippen LogP contribution in [0.4, 0.5) is 0 Å². The fraction of sp³-hybridized carbons (Fsp3) is 0.533. The summed E-state index contributed by atoms with van der Waals surface area (Å²) in [6, 6.07) is 7.08. The quantitative estimate of drug-likeness (QED) is 0.858. The zero-order valence-corrected chi connectivity index (χ0v) is 12.1. The van der Waals surface area contributed by atoms with Crippen LogP contribution in [0.5, 0.6) is 5.75 Å². The van der Waals surface area contributed by atoms with Crippen molar-refractivity contribution in [2.75, 3.05) is 20.3 Å². The van der Waals surface area contributed by atoms with Crippen molar-refractivity contribution in [2.24, 2.45) is 0 Å². The Balaban J connectivity index is 2.78. The molecule has 0 aliphatic carbocycles. The average Bonchev–Trinajstić information content (AvgIpc) is 2.44. The second-order valence-corrected chi connectivity index (χ2v) is 5.21. The fourth-order valence-corrected chi connectivity index (χ4v) is 1.49. The second kappa shape index (κ2) is 6.57. The molecule has 1 aromatic carbocycles. The van der Waals surface area contributed by atoms with Crippen molar-refractivity contribution in [3.63, 3.8) is 0 Å². The summed E-state index contributed by atoms with van der Waals surface area (Å²) in [5.74, 6) is 0.656. The largest absolute Gasteiger partial charge is 0.494 e. The highest BCUT2D eigenvalue weighted by Gasteiger charge is 2.27. The molecule has 0 atom stereocenters. The monoisotopic (exact) mass is 265 g/mol. The number of carbonyl (C=O) groups is 1. The third kappa shape index (κ3) is 3.96. The van der Waals surface area contributed by atoms with E-state index in [0.29, 0.717) is 12.2 Å². The molecule has 0 unspecified atom stereocenters. The van der Waals surface area contributed by atoms with E-state index in [-0.39, 0.29) is 12.5 Å². The molecule has 0 fully saturated rings. The molecular weight excluding hydrogens is 242 g/mol. The smallest absolute Gasteiger partial charge is 0.254 e. The van der Waals surface area contributed by atoms with Gasteiger partial charge in [0.15, 0.2) is 0 Å². The number of aliphatic hydroxyl groups is 1. The summed E-state index contributed by atoms with van der Waals surface area (Å²) in [7, 11) is 1.69. The highest BCUT2D eigenvalue weighted by Crippen LogP contribution is 2.18. The standard InChI is InChI=1S/C15H23NO3/c1-5-10-19-13-8-6-12(7-9-13)14(18)16(4)15(2,3)11-17/h6-9,17H,5,10-11H2,1-4H3. The van der Waals surface area contributed by atoms with Crippen LogP contribution in [0.1, 0.15) is 37.6 Å². The zero-order valence-electron chi connectivity index (χ0n) is 12.1. The zero-order chi connectivity index (χ0) is 14.5. The van der Waals surface area contributed by atoms with Gasteiger partial charge < -0.3 is 14.7 Å². The summed E-state index contributed by atoms with van der Waals surface area (Å²) in [6.07, 6.45) is 0.952. The van der Waals surface area contributed by atoms with Crippen LogP contribution in [0.25, 0.3) is 0 Å². The van der Waals surface area contributed by atoms with Gasteiger partial charge >= 0.3 is 0 Å². The summed E-state index contributed by atoms with van der Waals surface area (Å²) >= 11 is 0. The van der Waals surface area contributed by atoms with Crippen molar-refractivity contribution in [3.05, 3.63) is 29.8 Å². The number of carbonyl (C=O) groups excluding carboxylic acids is 1. The Morgan fingerprint density at radius 2 is 1.89 bits per heavy atom. The van der Waals surface area contributed by atoms with Crippen LogP contribution < -0.4 is 4.74 Å². The number of benzene rings is 1. The molecule has 1 N–H and O–H groups in total. The Bertz CT molecular complexity index is 412. The molecular formula is C15H23NO3. The van der Waals surface area contributed by atoms with E-state index >= 15 is 0 Å². The van der Waals surface area contributed by atoms with Crippen LogP contribution in [0.2, 0.25) is 0 Å². The van der Waals surface area contributed by atoms with Crippen molar-refractivity contribution in [1.29, 1.82) is 0 Å². The first-order chi connectivity index (χ1) is 8.92. The van der Waals surface area contributed by atoms with E-state index in [2.05, 4.69) is 0 Å². The first-order valence-corrected chi connectivity index (χ1v) is 6.54. The van der Waals surface area contributed by atoms with Gasteiger partial charge in [0.1, 0.15) is 5.75 Å². The summed E-state index contributed by atoms with van der Waals surface area (Å²) in [5, 5.41) is 9.29. The first-order valence-electron chi connectivity index (χ1n) is 6.54. The van der Waals surface area contributed by atoms with Gasteiger partial charge in [-0.3, -0.25) is 4.79 Å². The Morgan fingerprint density at radius 1 is 1.32 bits per heavy atom. The van der Waals surface area contributed by atoms with E-state index in [1.807, 2.05) is 20.8 Å². The highest BCUT2D eigenvalue weighted by molar-refractivity contribution is 5.94. The van der Waals surface area contributed by atoms with Gasteiger partial charge in [-0.1, -0.05) is 6.92 Å². The lowest BCUT2D eigenvalue weighted by Crippen LogP contribution is -2.47. The lowest BCUT2D eigenvalue weighted by Gasteiger charge is -2.34. The van der Waals surface area contributed by atoms with E-state index in [1.54, 1.807) is 36.2 Å². The summed E-state index contributed by atoms with van der Waals surface area (Å²) in [6.45, 7) is 6.29. The predicted octanol–water partition coefficient (Wildman–Crippen LogP) is 2.32. The number of likely N-dealkylation sites (N-methyl/N-ethyl adjacent to an activating group) is 1. The van der Waals surface area contributed by atoms with Crippen LogP contribution in [0.3, 0.4) is 0 Å². The van der Waals surface area contributed by atoms with Gasteiger partial charge in [-0.2, -0.15) is 0 Å². The lowest BCUT2D eigenvalue weighted by molar-refractivity contribution is 0.0473. The van der Waals surface area contributed by atoms with Crippen LogP contribution in [-0.4, -0.2) is 41.7 Å². The molecule has 1 rings (SSSR count). The van der Waals surface area contributed by atoms with Crippen LogP contribution >= 0.6 is 0 Å². The number of amides is 1. The molecule has 0 radical (unpaired) electrons. The van der Waals surface area contributed by atoms with Crippen LogP contribution in [0.15, 0.2) is 24.3 Å². The molecule has 0 bridgehead atoms. The predicted molar refractivity (Wildman–Crippen MR) is 75.5 cm³/mol. The molecule has 0 spiro atoms. The second-order valence-electron chi connectivity index (χ2n) is 5.21. The fourth-order valence-electron chi connectivity index (χ4n) is 1.49. The van der Waals surface area contributed by atoms with Gasteiger partial charge in [0.25, 0.3) is 5.91 Å². The molecule has 4 nitrogen and oxygen atoms in total. The van der Waals surface area contributed by atoms with Crippen molar-refractivity contribution < 1.29 is 14.6 Å². The number of ether oxygens (including phenoxy) is 1. The molecule has 1 aromatic rings. The lowest BCUT2D eigenvalue weighted by atomic mass is 10.0. The van der Waals surface area contributed by atoms with E-state index in [9.17, 15) is 9.90 Å². The molecule has 0 heterocycles. The van der Waals surface area contributed by atoms with Crippen molar-refractivity contribution in [2.45, 2.75) is 32.7 Å². The molecule has 0 aliphatic heterocycles. The minimum Gasteiger partial charge on any atom is -0.494 e. The number of aliphatic hydroxyl groups excluding tert-OH is 1. The maximum atomic E-state index is 12.2. The Kier molecular flexibility index (Phi) is 5.36. The molecule has 106 valence electrons. The van der Waals surface area contributed by atoms with Crippen LogP contribution in [-0.2, 0) is 0 Å². The van der Waals surface area contributed by atoms with E-state index < -0.39 is 5.54 Å². The number of rotatable bonds is 6. The van der Waals surface area contributed by atoms with Gasteiger partial charge in [0.2, 0.25) is 0 Å². The number of hydrogen-bond acceptors (Lipinski definition) is 3. The molecule has 1 amide bonds. The highest BCUT2D eigenvalue weighted by atomic mass is 16.5. The third-order valence-electron chi connectivity index (χ3n) is 3.17. The SMILES string of the molecule is CCCOc1ccc(C(=O)N(C)C(C)(C)CO)cc1. The Hall–Kier alpha value is -1.55. The van der Waals surface area contributed by atoms with Crippen molar-refractivity contribution in [3.8, 4) is 5.75 Å². The minimum absolute atomic E-state index is 0.0765. The average molecular weight is 265 g/mol. The van der Waals surface area contributed by atoms with Crippen molar-refractivity contribution >= 4 is 5.91 Å². The molecule has 0 aromatic heterocycles. The van der Waals surface area contributed by atoms with E-state index in [4.69, 9.17) is 4.74 Å². The normalized spacial score (nSPS) is 11.2. The maximum Gasteiger partial charge on any atom is 0.254 e. The number of nitrogens with zero attached hydrogens (tertiary/aromatic N) is 1. The molecule has 19 heavy (non-hydrogen) atoms. The topological polar surface area (TPSA) is 49.8 Å². The van der Waals surface area contributed by atoms with E-state index in [0.717, 1.165) is 12.2 Å². The molecule has 0 saturated carbocycles. The Labute approximate surface area is 115 Å². The van der Waals surface area contributed by atoms with Gasteiger partial charge in [-0.15, -0.1) is 0 Å². The van der Waals surface area contributed by atoms with Crippen molar-refractivity contribution in [1.82, 2.24) is 4.90 Å². The van der Waals surface area contributed by atoms with Gasteiger partial charge in [-0.05, 0) is 44.5 Å². The summed E-state index contributed by atoms with van der Waals surface area (Å²) < 4.78 is 5.47.